The van der Waals surface area contributed by atoms with E-state index in [0.717, 1.165) is 36.0 Å². The van der Waals surface area contributed by atoms with Crippen LogP contribution in [0.15, 0.2) is 16.8 Å². The number of carbonyl (C=O) groups excluding carboxylic acids is 1. The molecule has 1 amide bonds. The Balaban J connectivity index is 1.35. The molecule has 0 radical (unpaired) electrons. The summed E-state index contributed by atoms with van der Waals surface area (Å²) in [6.45, 7) is 7.01. The summed E-state index contributed by atoms with van der Waals surface area (Å²) in [5, 5.41) is 8.40. The first-order chi connectivity index (χ1) is 11.6. The van der Waals surface area contributed by atoms with E-state index in [9.17, 15) is 4.79 Å². The van der Waals surface area contributed by atoms with Crippen LogP contribution < -0.4 is 5.32 Å². The highest BCUT2D eigenvalue weighted by atomic mass is 32.2. The van der Waals surface area contributed by atoms with Gasteiger partial charge in [-0.25, -0.2) is 4.98 Å². The van der Waals surface area contributed by atoms with E-state index in [1.807, 2.05) is 18.3 Å². The number of aromatic nitrogens is 1. The van der Waals surface area contributed by atoms with Crippen molar-refractivity contribution >= 4 is 40.3 Å². The van der Waals surface area contributed by atoms with Gasteiger partial charge in [0.1, 0.15) is 0 Å². The van der Waals surface area contributed by atoms with Gasteiger partial charge < -0.3 is 5.32 Å². The second-order valence-corrected chi connectivity index (χ2v) is 9.14. The van der Waals surface area contributed by atoms with Gasteiger partial charge in [0.2, 0.25) is 5.91 Å². The summed E-state index contributed by atoms with van der Waals surface area (Å²) in [5.74, 6) is 1.42. The molecule has 24 heavy (non-hydrogen) atoms. The Kier molecular flexibility index (Phi) is 6.32. The van der Waals surface area contributed by atoms with Crippen molar-refractivity contribution < 1.29 is 4.79 Å². The van der Waals surface area contributed by atoms with Crippen molar-refractivity contribution in [3.05, 3.63) is 38.0 Å². The Bertz CT molecular complexity index is 682. The second kappa shape index (κ2) is 8.47. The Morgan fingerprint density at radius 3 is 3.17 bits per heavy atom. The molecular formula is C17H23N3OS3. The predicted octanol–water partition coefficient (Wildman–Crippen LogP) is 3.31. The van der Waals surface area contributed by atoms with Crippen LogP contribution in [0.1, 0.15) is 28.1 Å². The molecule has 0 saturated heterocycles. The normalized spacial score (nSPS) is 15.9. The average molecular weight is 382 g/mol. The monoisotopic (exact) mass is 381 g/mol. The highest BCUT2D eigenvalue weighted by Crippen LogP contribution is 2.25. The van der Waals surface area contributed by atoms with E-state index in [4.69, 9.17) is 0 Å². The highest BCUT2D eigenvalue weighted by Gasteiger charge is 2.21. The number of amides is 1. The number of carbonyl (C=O) groups is 1. The van der Waals surface area contributed by atoms with Gasteiger partial charge in [-0.1, -0.05) is 0 Å². The Morgan fingerprint density at radius 1 is 1.50 bits per heavy atom. The summed E-state index contributed by atoms with van der Waals surface area (Å²) in [6, 6.07) is 2.60. The minimum Gasteiger partial charge on any atom is -0.354 e. The van der Waals surface area contributed by atoms with E-state index in [1.54, 1.807) is 23.1 Å². The number of thiophene rings is 1. The molecule has 1 N–H and O–H groups in total. The van der Waals surface area contributed by atoms with Gasteiger partial charge in [0.15, 0.2) is 0 Å². The molecule has 1 atom stereocenters. The molecule has 3 rings (SSSR count). The van der Waals surface area contributed by atoms with E-state index in [0.29, 0.717) is 18.3 Å². The molecule has 1 aliphatic rings. The topological polar surface area (TPSA) is 45.2 Å². The van der Waals surface area contributed by atoms with Crippen molar-refractivity contribution in [1.82, 2.24) is 15.2 Å². The van der Waals surface area contributed by atoms with Crippen LogP contribution in [0.3, 0.4) is 0 Å². The number of fused-ring (bicyclic) bond motifs is 1. The summed E-state index contributed by atoms with van der Waals surface area (Å²) in [5.41, 5.74) is 2.53. The lowest BCUT2D eigenvalue weighted by Crippen LogP contribution is -2.44. The van der Waals surface area contributed by atoms with Gasteiger partial charge in [-0.3, -0.25) is 9.69 Å². The maximum Gasteiger partial charge on any atom is 0.230 e. The minimum atomic E-state index is 0.118. The zero-order chi connectivity index (χ0) is 16.9. The van der Waals surface area contributed by atoms with Crippen LogP contribution in [0.2, 0.25) is 0 Å². The van der Waals surface area contributed by atoms with Crippen molar-refractivity contribution in [1.29, 1.82) is 0 Å². The highest BCUT2D eigenvalue weighted by molar-refractivity contribution is 7.99. The first-order valence-corrected chi connectivity index (χ1v) is 11.1. The summed E-state index contributed by atoms with van der Waals surface area (Å²) in [4.78, 5) is 20.4. The number of thiazole rings is 1. The largest absolute Gasteiger partial charge is 0.354 e. The van der Waals surface area contributed by atoms with Crippen LogP contribution in [0, 0.1) is 6.92 Å². The fraction of sp³-hybridized carbons (Fsp3) is 0.529. The molecule has 3 heterocycles. The number of hydrogen-bond acceptors (Lipinski definition) is 6. The van der Waals surface area contributed by atoms with Gasteiger partial charge in [0.05, 0.1) is 16.5 Å². The van der Waals surface area contributed by atoms with Crippen molar-refractivity contribution in [3.8, 4) is 0 Å². The van der Waals surface area contributed by atoms with E-state index < -0.39 is 0 Å². The number of rotatable bonds is 7. The lowest BCUT2D eigenvalue weighted by Gasteiger charge is -2.32. The zero-order valence-corrected chi connectivity index (χ0v) is 16.5. The van der Waals surface area contributed by atoms with Gasteiger partial charge in [-0.05, 0) is 37.3 Å². The first-order valence-electron chi connectivity index (χ1n) is 8.16. The molecule has 2 aromatic heterocycles. The van der Waals surface area contributed by atoms with Crippen LogP contribution in [0.4, 0.5) is 0 Å². The number of thioether (sulfide) groups is 1. The Morgan fingerprint density at radius 2 is 2.38 bits per heavy atom. The number of hydrogen-bond donors (Lipinski definition) is 1. The van der Waals surface area contributed by atoms with E-state index in [-0.39, 0.29) is 5.91 Å². The molecule has 0 fully saturated rings. The molecule has 7 heteroatoms. The molecule has 0 unspecified atom stereocenters. The van der Waals surface area contributed by atoms with E-state index in [2.05, 4.69) is 39.0 Å². The molecular weight excluding hydrogens is 358 g/mol. The van der Waals surface area contributed by atoms with Crippen LogP contribution in [0.5, 0.6) is 0 Å². The summed E-state index contributed by atoms with van der Waals surface area (Å²) in [7, 11) is 0. The maximum absolute atomic E-state index is 12.0. The lowest BCUT2D eigenvalue weighted by molar-refractivity contribution is -0.118. The van der Waals surface area contributed by atoms with Gasteiger partial charge in [-0.15, -0.1) is 34.4 Å². The Hall–Kier alpha value is -0.890. The van der Waals surface area contributed by atoms with Crippen LogP contribution in [-0.4, -0.2) is 40.7 Å². The summed E-state index contributed by atoms with van der Waals surface area (Å²) >= 11 is 5.15. The molecule has 0 bridgehead atoms. The quantitative estimate of drug-likeness (QED) is 0.799. The smallest absolute Gasteiger partial charge is 0.230 e. The molecule has 2 aromatic rings. The van der Waals surface area contributed by atoms with Gasteiger partial charge >= 0.3 is 0 Å². The van der Waals surface area contributed by atoms with Gasteiger partial charge in [0, 0.05) is 41.7 Å². The van der Waals surface area contributed by atoms with Crippen LogP contribution in [-0.2, 0) is 23.5 Å². The van der Waals surface area contributed by atoms with E-state index >= 15 is 0 Å². The number of aryl methyl sites for hydroxylation is 1. The minimum absolute atomic E-state index is 0.118. The summed E-state index contributed by atoms with van der Waals surface area (Å²) in [6.07, 6.45) is 1.13. The van der Waals surface area contributed by atoms with Crippen LogP contribution in [0.25, 0.3) is 0 Å². The number of nitrogens with one attached hydrogen (secondary N) is 1. The lowest BCUT2D eigenvalue weighted by atomic mass is 10.1. The third-order valence-electron chi connectivity index (χ3n) is 4.20. The first kappa shape index (κ1) is 17.9. The third kappa shape index (κ3) is 4.81. The molecule has 0 aromatic carbocycles. The van der Waals surface area contributed by atoms with Crippen LogP contribution >= 0.6 is 34.4 Å². The standard InChI is InChI=1S/C17H23N3OS3/c1-12(20-5-3-16-14(8-20)4-6-23-16)7-18-17(21)11-22-9-15-10-24-13(2)19-15/h4,6,10,12H,3,5,7-9,11H2,1-2H3,(H,18,21)/t12-/m1/s1. The number of nitrogens with zero attached hydrogens (tertiary/aromatic N) is 2. The SMILES string of the molecule is Cc1nc(CSCC(=O)NC[C@@H](C)N2CCc3sccc3C2)cs1. The van der Waals surface area contributed by atoms with Crippen molar-refractivity contribution in [2.24, 2.45) is 0 Å². The maximum atomic E-state index is 12.0. The molecule has 0 saturated carbocycles. The molecule has 0 spiro atoms. The van der Waals surface area contributed by atoms with Gasteiger partial charge in [0.25, 0.3) is 0 Å². The molecule has 130 valence electrons. The average Bonchev–Trinajstić information content (AvgIpc) is 3.20. The molecule has 0 aliphatic carbocycles. The second-order valence-electron chi connectivity index (χ2n) is 6.09. The van der Waals surface area contributed by atoms with Crippen molar-refractivity contribution in [2.75, 3.05) is 18.8 Å². The molecule has 4 nitrogen and oxygen atoms in total. The fourth-order valence-corrected chi connectivity index (χ4v) is 5.17. The molecule has 1 aliphatic heterocycles. The fourth-order valence-electron chi connectivity index (χ4n) is 2.81. The third-order valence-corrected chi connectivity index (χ3v) is 7.02. The van der Waals surface area contributed by atoms with Gasteiger partial charge in [-0.2, -0.15) is 0 Å². The van der Waals surface area contributed by atoms with Crippen molar-refractivity contribution in [3.63, 3.8) is 0 Å². The Labute approximate surface area is 155 Å². The summed E-state index contributed by atoms with van der Waals surface area (Å²) < 4.78 is 0. The van der Waals surface area contributed by atoms with E-state index in [1.165, 1.54) is 10.4 Å². The predicted molar refractivity (Wildman–Crippen MR) is 104 cm³/mol. The van der Waals surface area contributed by atoms with Crippen molar-refractivity contribution in [2.45, 2.75) is 38.6 Å². The zero-order valence-electron chi connectivity index (χ0n) is 14.1.